The molecule has 0 aliphatic carbocycles. The fourth-order valence-corrected chi connectivity index (χ4v) is 4.25. The van der Waals surface area contributed by atoms with Crippen LogP contribution in [0.3, 0.4) is 0 Å². The van der Waals surface area contributed by atoms with Gasteiger partial charge in [-0.25, -0.2) is 4.39 Å². The second-order valence-electron chi connectivity index (χ2n) is 7.48. The minimum absolute atomic E-state index is 0.0415. The van der Waals surface area contributed by atoms with Gasteiger partial charge in [0.25, 0.3) is 5.91 Å². The SMILES string of the molecule is O=C(Nc1cccc(OCc2ccc(F)cc2)c1)C1CCN(C(=O)c2cccs2)CC1. The highest BCUT2D eigenvalue weighted by molar-refractivity contribution is 7.12. The molecule has 160 valence electrons. The zero-order valence-corrected chi connectivity index (χ0v) is 17.7. The zero-order chi connectivity index (χ0) is 21.6. The van der Waals surface area contributed by atoms with Crippen LogP contribution in [0.5, 0.6) is 5.75 Å². The monoisotopic (exact) mass is 438 g/mol. The molecule has 5 nitrogen and oxygen atoms in total. The largest absolute Gasteiger partial charge is 0.489 e. The summed E-state index contributed by atoms with van der Waals surface area (Å²) in [6.07, 6.45) is 1.29. The smallest absolute Gasteiger partial charge is 0.263 e. The third-order valence-corrected chi connectivity index (χ3v) is 6.16. The molecule has 1 saturated heterocycles. The molecule has 1 aliphatic rings. The van der Waals surface area contributed by atoms with E-state index in [1.54, 1.807) is 18.2 Å². The lowest BCUT2D eigenvalue weighted by molar-refractivity contribution is -0.121. The summed E-state index contributed by atoms with van der Waals surface area (Å²) < 4.78 is 18.8. The van der Waals surface area contributed by atoms with Crippen molar-refractivity contribution in [3.63, 3.8) is 0 Å². The Hall–Kier alpha value is -3.19. The molecule has 0 saturated carbocycles. The molecule has 1 aromatic heterocycles. The van der Waals surface area contributed by atoms with E-state index in [0.29, 0.717) is 44.0 Å². The van der Waals surface area contributed by atoms with E-state index in [0.717, 1.165) is 10.4 Å². The average molecular weight is 439 g/mol. The maximum Gasteiger partial charge on any atom is 0.263 e. The van der Waals surface area contributed by atoms with Gasteiger partial charge >= 0.3 is 0 Å². The molecule has 3 aromatic rings. The van der Waals surface area contributed by atoms with Crippen LogP contribution < -0.4 is 10.1 Å². The van der Waals surface area contributed by atoms with E-state index in [1.165, 1.54) is 23.5 Å². The van der Waals surface area contributed by atoms with Crippen molar-refractivity contribution in [2.24, 2.45) is 5.92 Å². The summed E-state index contributed by atoms with van der Waals surface area (Å²) in [6, 6.07) is 17.1. The number of nitrogens with zero attached hydrogens (tertiary/aromatic N) is 1. The van der Waals surface area contributed by atoms with Crippen LogP contribution in [0.25, 0.3) is 0 Å². The van der Waals surface area contributed by atoms with Gasteiger partial charge in [-0.1, -0.05) is 24.3 Å². The summed E-state index contributed by atoms with van der Waals surface area (Å²) in [7, 11) is 0. The normalized spacial score (nSPS) is 14.3. The van der Waals surface area contributed by atoms with E-state index in [2.05, 4.69) is 5.32 Å². The third-order valence-electron chi connectivity index (χ3n) is 5.31. The highest BCUT2D eigenvalue weighted by Gasteiger charge is 2.28. The predicted octanol–water partition coefficient (Wildman–Crippen LogP) is 4.96. The van der Waals surface area contributed by atoms with E-state index in [4.69, 9.17) is 4.74 Å². The van der Waals surface area contributed by atoms with Gasteiger partial charge in [-0.3, -0.25) is 9.59 Å². The molecule has 0 spiro atoms. The fraction of sp³-hybridized carbons (Fsp3) is 0.250. The van der Waals surface area contributed by atoms with Gasteiger partial charge < -0.3 is 15.0 Å². The zero-order valence-electron chi connectivity index (χ0n) is 16.9. The highest BCUT2D eigenvalue weighted by Crippen LogP contribution is 2.24. The Morgan fingerprint density at radius 3 is 2.55 bits per heavy atom. The van der Waals surface area contributed by atoms with Gasteiger partial charge in [0.2, 0.25) is 5.91 Å². The number of carbonyl (C=O) groups is 2. The number of rotatable bonds is 6. The van der Waals surface area contributed by atoms with Gasteiger partial charge in [-0.2, -0.15) is 0 Å². The van der Waals surface area contributed by atoms with Crippen molar-refractivity contribution in [1.82, 2.24) is 4.90 Å². The van der Waals surface area contributed by atoms with E-state index in [-0.39, 0.29) is 23.5 Å². The lowest BCUT2D eigenvalue weighted by atomic mass is 9.95. The van der Waals surface area contributed by atoms with Crippen molar-refractivity contribution >= 4 is 28.8 Å². The Labute approximate surface area is 184 Å². The summed E-state index contributed by atoms with van der Waals surface area (Å²) in [5.74, 6) is 0.212. The molecule has 0 atom stereocenters. The van der Waals surface area contributed by atoms with Crippen molar-refractivity contribution in [2.75, 3.05) is 18.4 Å². The molecule has 4 rings (SSSR count). The minimum Gasteiger partial charge on any atom is -0.489 e. The maximum atomic E-state index is 13.0. The van der Waals surface area contributed by atoms with Gasteiger partial charge in [-0.05, 0) is 54.1 Å². The first-order valence-electron chi connectivity index (χ1n) is 10.2. The quantitative estimate of drug-likeness (QED) is 0.592. The number of nitrogens with one attached hydrogen (secondary N) is 1. The molecule has 0 bridgehead atoms. The molecular formula is C24H23FN2O3S. The number of hydrogen-bond donors (Lipinski definition) is 1. The van der Waals surface area contributed by atoms with Crippen LogP contribution in [0, 0.1) is 11.7 Å². The molecule has 1 aliphatic heterocycles. The lowest BCUT2D eigenvalue weighted by Gasteiger charge is -2.31. The number of amides is 2. The first-order valence-corrected chi connectivity index (χ1v) is 11.1. The molecule has 31 heavy (non-hydrogen) atoms. The van der Waals surface area contributed by atoms with Crippen molar-refractivity contribution in [3.8, 4) is 5.75 Å². The Bertz CT molecular complexity index is 1030. The molecule has 2 heterocycles. The summed E-state index contributed by atoms with van der Waals surface area (Å²) >= 11 is 1.44. The Morgan fingerprint density at radius 1 is 1.06 bits per heavy atom. The van der Waals surface area contributed by atoms with E-state index < -0.39 is 0 Å². The van der Waals surface area contributed by atoms with Crippen LogP contribution in [0.2, 0.25) is 0 Å². The summed E-state index contributed by atoms with van der Waals surface area (Å²) in [6.45, 7) is 1.47. The first-order chi connectivity index (χ1) is 15.1. The van der Waals surface area contributed by atoms with Crippen molar-refractivity contribution in [2.45, 2.75) is 19.4 Å². The number of halogens is 1. The van der Waals surface area contributed by atoms with Gasteiger partial charge in [0.15, 0.2) is 0 Å². The Kier molecular flexibility index (Phi) is 6.62. The van der Waals surface area contributed by atoms with Crippen LogP contribution in [0.4, 0.5) is 10.1 Å². The number of benzene rings is 2. The molecule has 0 unspecified atom stereocenters. The van der Waals surface area contributed by atoms with Crippen molar-refractivity contribution in [1.29, 1.82) is 0 Å². The number of ether oxygens (including phenoxy) is 1. The van der Waals surface area contributed by atoms with Crippen LogP contribution in [0.15, 0.2) is 66.0 Å². The number of thiophene rings is 1. The van der Waals surface area contributed by atoms with Crippen LogP contribution in [-0.4, -0.2) is 29.8 Å². The predicted molar refractivity (Wildman–Crippen MR) is 119 cm³/mol. The van der Waals surface area contributed by atoms with Crippen LogP contribution in [0.1, 0.15) is 28.1 Å². The van der Waals surface area contributed by atoms with E-state index >= 15 is 0 Å². The van der Waals surface area contributed by atoms with Crippen LogP contribution >= 0.6 is 11.3 Å². The summed E-state index contributed by atoms with van der Waals surface area (Å²) in [5.41, 5.74) is 1.53. The molecule has 2 aromatic carbocycles. The number of anilines is 1. The highest BCUT2D eigenvalue weighted by atomic mass is 32.1. The Morgan fingerprint density at radius 2 is 1.84 bits per heavy atom. The first kappa shape index (κ1) is 21.1. The summed E-state index contributed by atoms with van der Waals surface area (Å²) in [5, 5.41) is 4.85. The van der Waals surface area contributed by atoms with Gasteiger partial charge in [0.1, 0.15) is 18.2 Å². The molecule has 1 N–H and O–H groups in total. The van der Waals surface area contributed by atoms with E-state index in [1.807, 2.05) is 40.6 Å². The third kappa shape index (κ3) is 5.49. The standard InChI is InChI=1S/C24H23FN2O3S/c25-19-8-6-17(7-9-19)16-30-21-4-1-3-20(15-21)26-23(28)18-10-12-27(13-11-18)24(29)22-5-2-14-31-22/h1-9,14-15,18H,10-13,16H2,(H,26,28). The lowest BCUT2D eigenvalue weighted by Crippen LogP contribution is -2.41. The minimum atomic E-state index is -0.282. The van der Waals surface area contributed by atoms with Crippen molar-refractivity contribution < 1.29 is 18.7 Å². The number of carbonyl (C=O) groups excluding carboxylic acids is 2. The second kappa shape index (κ2) is 9.75. The van der Waals surface area contributed by atoms with E-state index in [9.17, 15) is 14.0 Å². The van der Waals surface area contributed by atoms with Gasteiger partial charge in [-0.15, -0.1) is 11.3 Å². The van der Waals surface area contributed by atoms with Gasteiger partial charge in [0, 0.05) is 30.8 Å². The maximum absolute atomic E-state index is 13.0. The topological polar surface area (TPSA) is 58.6 Å². The molecular weight excluding hydrogens is 415 g/mol. The fourth-order valence-electron chi connectivity index (χ4n) is 3.56. The Balaban J connectivity index is 1.28. The van der Waals surface area contributed by atoms with Crippen molar-refractivity contribution in [3.05, 3.63) is 82.3 Å². The molecule has 1 fully saturated rings. The number of hydrogen-bond acceptors (Lipinski definition) is 4. The molecule has 2 amide bonds. The molecule has 0 radical (unpaired) electrons. The van der Waals surface area contributed by atoms with Crippen LogP contribution in [-0.2, 0) is 11.4 Å². The average Bonchev–Trinajstić information content (AvgIpc) is 3.34. The summed E-state index contributed by atoms with van der Waals surface area (Å²) in [4.78, 5) is 27.7. The second-order valence-corrected chi connectivity index (χ2v) is 8.42. The van der Waals surface area contributed by atoms with Gasteiger partial charge in [0.05, 0.1) is 4.88 Å². The molecule has 7 heteroatoms. The number of piperidine rings is 1. The number of likely N-dealkylation sites (tertiary alicyclic amines) is 1.